The minimum atomic E-state index is -0.405. The molecule has 2 aromatic carbocycles. The molecule has 1 atom stereocenters. The van der Waals surface area contributed by atoms with Crippen molar-refractivity contribution in [2.45, 2.75) is 64.3 Å². The summed E-state index contributed by atoms with van der Waals surface area (Å²) in [5.41, 5.74) is 5.92. The Bertz CT molecular complexity index is 1290. The second kappa shape index (κ2) is 10.3. The van der Waals surface area contributed by atoms with Gasteiger partial charge in [-0.15, -0.1) is 5.10 Å². The Morgan fingerprint density at radius 2 is 2.03 bits per heavy atom. The molecule has 3 N–H and O–H groups in total. The van der Waals surface area contributed by atoms with Gasteiger partial charge in [0.05, 0.1) is 18.3 Å². The minimum Gasteiger partial charge on any atom is -0.434 e. The number of benzene rings is 2. The van der Waals surface area contributed by atoms with E-state index >= 15 is 4.39 Å². The van der Waals surface area contributed by atoms with E-state index in [1.807, 2.05) is 19.9 Å². The molecule has 0 unspecified atom stereocenters. The van der Waals surface area contributed by atoms with Gasteiger partial charge in [-0.25, -0.2) is 10.3 Å². The summed E-state index contributed by atoms with van der Waals surface area (Å²) in [5, 5.41) is 11.5. The monoisotopic (exact) mass is 490 g/mol. The lowest BCUT2D eigenvalue weighted by atomic mass is 9.99. The van der Waals surface area contributed by atoms with Crippen molar-refractivity contribution in [1.82, 2.24) is 15.5 Å². The smallest absolute Gasteiger partial charge is 0.257 e. The Balaban J connectivity index is 1.44. The predicted molar refractivity (Wildman–Crippen MR) is 134 cm³/mol. The first-order chi connectivity index (χ1) is 17.4. The second-order valence-electron chi connectivity index (χ2n) is 9.83. The summed E-state index contributed by atoms with van der Waals surface area (Å²) in [6.07, 6.45) is 4.78. The molecule has 1 saturated carbocycles. The van der Waals surface area contributed by atoms with E-state index in [1.165, 1.54) is 5.56 Å². The first kappa shape index (κ1) is 24.3. The van der Waals surface area contributed by atoms with Crippen LogP contribution < -0.4 is 16.0 Å². The summed E-state index contributed by atoms with van der Waals surface area (Å²) in [7, 11) is 0. The van der Waals surface area contributed by atoms with Crippen LogP contribution in [0.4, 0.5) is 4.39 Å². The summed E-state index contributed by atoms with van der Waals surface area (Å²) in [4.78, 5) is 18.6. The Morgan fingerprint density at radius 3 is 2.78 bits per heavy atom. The molecule has 188 valence electrons. The van der Waals surface area contributed by atoms with Gasteiger partial charge in [-0.05, 0) is 86.6 Å². The van der Waals surface area contributed by atoms with Crippen LogP contribution in [0.5, 0.6) is 11.6 Å². The third kappa shape index (κ3) is 5.10. The lowest BCUT2D eigenvalue weighted by molar-refractivity contribution is 0.0836. The third-order valence-electron chi connectivity index (χ3n) is 7.01. The molecule has 5 rings (SSSR count). The number of carbonyl (C=O) groups excluding carboxylic acids is 1. The maximum atomic E-state index is 15.2. The zero-order valence-electron chi connectivity index (χ0n) is 20.6. The number of ether oxygens (including phenoxy) is 1. The van der Waals surface area contributed by atoms with Crippen LogP contribution in [0.25, 0.3) is 0 Å². The number of halogens is 1. The Kier molecular flexibility index (Phi) is 6.98. The molecule has 7 nitrogen and oxygen atoms in total. The van der Waals surface area contributed by atoms with E-state index in [4.69, 9.17) is 15.5 Å². The number of aryl methyl sites for hydroxylation is 3. The number of aromatic nitrogens is 2. The molecular weight excluding hydrogens is 459 g/mol. The van der Waals surface area contributed by atoms with E-state index in [0.29, 0.717) is 24.0 Å². The predicted octanol–water partition coefficient (Wildman–Crippen LogP) is 4.62. The standard InChI is InChI=1S/C28H31FN4O3/c1-16-9-10-19(17(2)13-16)14-20(15-35-30)31-27(34)25-22-6-3-7-23(22)32-33-28(25)36-24-8-4-5-21(26(24)29)18-11-12-18/h4-5,8-10,13,18,20H,3,6-7,11-12,14-15,30H2,1-2H3,(H,31,34)/t20-/m1/s1. The number of carbonyl (C=O) groups is 1. The normalized spacial score (nSPS) is 15.4. The van der Waals surface area contributed by atoms with Crippen LogP contribution in [0.15, 0.2) is 36.4 Å². The van der Waals surface area contributed by atoms with E-state index in [0.717, 1.165) is 48.1 Å². The average Bonchev–Trinajstić information content (AvgIpc) is 3.58. The highest BCUT2D eigenvalue weighted by atomic mass is 19.1. The van der Waals surface area contributed by atoms with Gasteiger partial charge in [-0.2, -0.15) is 5.10 Å². The first-order valence-corrected chi connectivity index (χ1v) is 12.5. The topological polar surface area (TPSA) is 99.4 Å². The number of nitrogens with two attached hydrogens (primary N) is 1. The summed E-state index contributed by atoms with van der Waals surface area (Å²) >= 11 is 0. The number of hydrogen-bond donors (Lipinski definition) is 2. The van der Waals surface area contributed by atoms with Gasteiger partial charge in [0.15, 0.2) is 11.6 Å². The number of amides is 1. The maximum absolute atomic E-state index is 15.2. The second-order valence-corrected chi connectivity index (χ2v) is 9.83. The number of hydrogen-bond acceptors (Lipinski definition) is 6. The molecule has 0 spiro atoms. The van der Waals surface area contributed by atoms with Gasteiger partial charge in [0, 0.05) is 0 Å². The third-order valence-corrected chi connectivity index (χ3v) is 7.01. The van der Waals surface area contributed by atoms with Gasteiger partial charge >= 0.3 is 0 Å². The van der Waals surface area contributed by atoms with Crippen molar-refractivity contribution in [3.63, 3.8) is 0 Å². The molecule has 2 aliphatic rings. The van der Waals surface area contributed by atoms with Gasteiger partial charge in [-0.1, -0.05) is 35.9 Å². The Labute approximate surface area is 210 Å². The van der Waals surface area contributed by atoms with Gasteiger partial charge in [-0.3, -0.25) is 4.79 Å². The van der Waals surface area contributed by atoms with E-state index in [2.05, 4.69) is 27.6 Å². The molecule has 36 heavy (non-hydrogen) atoms. The van der Waals surface area contributed by atoms with E-state index in [9.17, 15) is 4.79 Å². The SMILES string of the molecule is Cc1ccc(C[C@H](CON)NC(=O)c2c(Oc3cccc(C4CC4)c3F)nnc3c2CCC3)c(C)c1. The molecular formula is C28H31FN4O3. The molecule has 2 aliphatic carbocycles. The molecule has 1 fully saturated rings. The van der Waals surface area contributed by atoms with Crippen molar-refractivity contribution in [3.8, 4) is 11.6 Å². The number of fused-ring (bicyclic) bond motifs is 1. The van der Waals surface area contributed by atoms with Crippen LogP contribution in [0, 0.1) is 19.7 Å². The Morgan fingerprint density at radius 1 is 1.19 bits per heavy atom. The largest absolute Gasteiger partial charge is 0.434 e. The average molecular weight is 491 g/mol. The molecule has 1 amide bonds. The summed E-state index contributed by atoms with van der Waals surface area (Å²) < 4.78 is 21.1. The van der Waals surface area contributed by atoms with Crippen LogP contribution in [0.3, 0.4) is 0 Å². The molecule has 1 heterocycles. The van der Waals surface area contributed by atoms with Crippen LogP contribution >= 0.6 is 0 Å². The van der Waals surface area contributed by atoms with E-state index in [-0.39, 0.29) is 36.1 Å². The highest BCUT2D eigenvalue weighted by molar-refractivity contribution is 5.98. The van der Waals surface area contributed by atoms with Crippen molar-refractivity contribution in [3.05, 3.63) is 81.3 Å². The maximum Gasteiger partial charge on any atom is 0.257 e. The molecule has 0 aliphatic heterocycles. The molecule has 3 aromatic rings. The minimum absolute atomic E-state index is 0.0129. The van der Waals surface area contributed by atoms with Crippen molar-refractivity contribution in [2.24, 2.45) is 5.90 Å². The fourth-order valence-corrected chi connectivity index (χ4v) is 4.98. The number of nitrogens with one attached hydrogen (secondary N) is 1. The first-order valence-electron chi connectivity index (χ1n) is 12.5. The van der Waals surface area contributed by atoms with Gasteiger partial charge in [0.2, 0.25) is 0 Å². The van der Waals surface area contributed by atoms with Gasteiger partial charge in [0.1, 0.15) is 5.56 Å². The van der Waals surface area contributed by atoms with Crippen LogP contribution in [-0.2, 0) is 24.1 Å². The highest BCUT2D eigenvalue weighted by Gasteiger charge is 2.31. The van der Waals surface area contributed by atoms with Crippen molar-refractivity contribution < 1.29 is 18.8 Å². The van der Waals surface area contributed by atoms with Crippen molar-refractivity contribution in [2.75, 3.05) is 6.61 Å². The molecule has 8 heteroatoms. The zero-order valence-corrected chi connectivity index (χ0v) is 20.6. The van der Waals surface area contributed by atoms with Crippen molar-refractivity contribution >= 4 is 5.91 Å². The molecule has 0 bridgehead atoms. The lowest BCUT2D eigenvalue weighted by Crippen LogP contribution is -2.41. The summed E-state index contributed by atoms with van der Waals surface area (Å²) in [6.45, 7) is 4.22. The van der Waals surface area contributed by atoms with Crippen LogP contribution in [0.2, 0.25) is 0 Å². The lowest BCUT2D eigenvalue weighted by Gasteiger charge is -2.21. The van der Waals surface area contributed by atoms with Gasteiger partial charge in [0.25, 0.3) is 11.8 Å². The fourth-order valence-electron chi connectivity index (χ4n) is 4.98. The molecule has 1 aromatic heterocycles. The quantitative estimate of drug-likeness (QED) is 0.425. The van der Waals surface area contributed by atoms with E-state index in [1.54, 1.807) is 18.2 Å². The number of nitrogens with zero attached hydrogens (tertiary/aromatic N) is 2. The molecule has 0 saturated heterocycles. The Hall–Kier alpha value is -3.36. The van der Waals surface area contributed by atoms with Crippen LogP contribution in [0.1, 0.15) is 69.0 Å². The van der Waals surface area contributed by atoms with E-state index < -0.39 is 5.82 Å². The summed E-state index contributed by atoms with van der Waals surface area (Å²) in [6, 6.07) is 10.9. The van der Waals surface area contributed by atoms with Gasteiger partial charge < -0.3 is 14.9 Å². The van der Waals surface area contributed by atoms with Crippen LogP contribution in [-0.4, -0.2) is 28.8 Å². The summed E-state index contributed by atoms with van der Waals surface area (Å²) in [5.74, 6) is 4.93. The highest BCUT2D eigenvalue weighted by Crippen LogP contribution is 2.43. The van der Waals surface area contributed by atoms with Crippen molar-refractivity contribution in [1.29, 1.82) is 0 Å². The molecule has 0 radical (unpaired) electrons. The number of rotatable bonds is 9. The zero-order chi connectivity index (χ0) is 25.2. The fraction of sp³-hybridized carbons (Fsp3) is 0.393.